The standard InChI is InChI=1S/C23H18N2O.2C2H6/c1-13-3-9-17-18-10-4-14(2)12-20(18)22-21(19(17)11-13)24-23(25-22)15-5-7-16(26)8-6-15;2*1-2/h3-12,26H,1-2H3,(H,24,25);2*1-2H3. The van der Waals surface area contributed by atoms with Crippen molar-refractivity contribution in [3.63, 3.8) is 0 Å². The third kappa shape index (κ3) is 3.76. The number of hydrogen-bond donors (Lipinski definition) is 2. The third-order valence-electron chi connectivity index (χ3n) is 5.01. The number of nitrogens with zero attached hydrogens (tertiary/aromatic N) is 1. The summed E-state index contributed by atoms with van der Waals surface area (Å²) in [6.45, 7) is 12.2. The van der Waals surface area contributed by atoms with Gasteiger partial charge in [0.1, 0.15) is 11.6 Å². The molecule has 3 heteroatoms. The van der Waals surface area contributed by atoms with Crippen LogP contribution in [0.4, 0.5) is 0 Å². The Morgan fingerprint density at radius 3 is 1.80 bits per heavy atom. The number of phenolic OH excluding ortho intramolecular Hbond substituents is 1. The highest BCUT2D eigenvalue weighted by atomic mass is 16.3. The number of aromatic hydroxyl groups is 1. The fourth-order valence-electron chi connectivity index (χ4n) is 3.71. The van der Waals surface area contributed by atoms with E-state index in [0.717, 1.165) is 27.8 Å². The number of imidazole rings is 1. The normalized spacial score (nSPS) is 10.5. The number of aryl methyl sites for hydroxylation is 2. The second-order valence-electron chi connectivity index (χ2n) is 6.95. The maximum absolute atomic E-state index is 9.56. The lowest BCUT2D eigenvalue weighted by Gasteiger charge is -2.08. The molecule has 0 aliphatic heterocycles. The zero-order valence-electron chi connectivity index (χ0n) is 18.7. The summed E-state index contributed by atoms with van der Waals surface area (Å²) in [5.74, 6) is 1.07. The van der Waals surface area contributed by atoms with Crippen molar-refractivity contribution in [2.45, 2.75) is 41.5 Å². The van der Waals surface area contributed by atoms with Crippen molar-refractivity contribution in [3.8, 4) is 17.1 Å². The smallest absolute Gasteiger partial charge is 0.138 e. The molecule has 0 spiro atoms. The average Bonchev–Trinajstić information content (AvgIpc) is 3.23. The summed E-state index contributed by atoms with van der Waals surface area (Å²) in [4.78, 5) is 8.44. The van der Waals surface area contributed by atoms with Gasteiger partial charge in [0.15, 0.2) is 0 Å². The molecule has 0 amide bonds. The lowest BCUT2D eigenvalue weighted by atomic mass is 9.97. The quantitative estimate of drug-likeness (QED) is 0.282. The number of nitrogens with one attached hydrogen (secondary N) is 1. The largest absolute Gasteiger partial charge is 0.508 e. The van der Waals surface area contributed by atoms with Crippen LogP contribution in [0.3, 0.4) is 0 Å². The second kappa shape index (κ2) is 9.00. The highest BCUT2D eigenvalue weighted by Crippen LogP contribution is 2.36. The van der Waals surface area contributed by atoms with Crippen LogP contribution in [0.2, 0.25) is 0 Å². The number of aromatic nitrogens is 2. The van der Waals surface area contributed by atoms with Gasteiger partial charge in [-0.1, -0.05) is 63.1 Å². The van der Waals surface area contributed by atoms with Gasteiger partial charge in [0.25, 0.3) is 0 Å². The van der Waals surface area contributed by atoms with E-state index in [0.29, 0.717) is 0 Å². The Balaban J connectivity index is 0.000000606. The Morgan fingerprint density at radius 2 is 1.20 bits per heavy atom. The molecule has 0 radical (unpaired) electrons. The van der Waals surface area contributed by atoms with Crippen LogP contribution in [0, 0.1) is 13.8 Å². The van der Waals surface area contributed by atoms with E-state index in [4.69, 9.17) is 4.98 Å². The van der Waals surface area contributed by atoms with E-state index in [9.17, 15) is 5.11 Å². The van der Waals surface area contributed by atoms with Crippen LogP contribution in [-0.4, -0.2) is 15.1 Å². The molecule has 3 nitrogen and oxygen atoms in total. The van der Waals surface area contributed by atoms with Crippen molar-refractivity contribution >= 4 is 32.6 Å². The second-order valence-corrected chi connectivity index (χ2v) is 6.95. The van der Waals surface area contributed by atoms with E-state index in [1.54, 1.807) is 12.1 Å². The zero-order chi connectivity index (χ0) is 21.8. The fraction of sp³-hybridized carbons (Fsp3) is 0.222. The van der Waals surface area contributed by atoms with Crippen molar-refractivity contribution in [2.24, 2.45) is 0 Å². The monoisotopic (exact) mass is 398 g/mol. The highest BCUT2D eigenvalue weighted by molar-refractivity contribution is 6.23. The molecular weight excluding hydrogens is 368 g/mol. The van der Waals surface area contributed by atoms with Gasteiger partial charge < -0.3 is 10.1 Å². The molecule has 0 aliphatic rings. The summed E-state index contributed by atoms with van der Waals surface area (Å²) in [5.41, 5.74) is 5.46. The predicted molar refractivity (Wildman–Crippen MR) is 130 cm³/mol. The van der Waals surface area contributed by atoms with Gasteiger partial charge in [-0.25, -0.2) is 4.98 Å². The van der Waals surface area contributed by atoms with Gasteiger partial charge in [0, 0.05) is 16.3 Å². The molecule has 0 unspecified atom stereocenters. The minimum atomic E-state index is 0.256. The Labute approximate surface area is 178 Å². The summed E-state index contributed by atoms with van der Waals surface area (Å²) in [6, 6.07) is 20.3. The molecule has 0 aliphatic carbocycles. The van der Waals surface area contributed by atoms with Crippen LogP contribution < -0.4 is 0 Å². The first-order chi connectivity index (χ1) is 14.6. The van der Waals surface area contributed by atoms with Crippen LogP contribution in [0.1, 0.15) is 38.8 Å². The molecule has 4 aromatic carbocycles. The molecule has 30 heavy (non-hydrogen) atoms. The minimum absolute atomic E-state index is 0.256. The Bertz CT molecular complexity index is 1220. The van der Waals surface area contributed by atoms with E-state index >= 15 is 0 Å². The van der Waals surface area contributed by atoms with Gasteiger partial charge in [0.2, 0.25) is 0 Å². The Hall–Kier alpha value is -3.33. The molecule has 0 saturated heterocycles. The number of H-pyrrole nitrogens is 1. The maximum Gasteiger partial charge on any atom is 0.138 e. The predicted octanol–water partition coefficient (Wildman–Crippen LogP) is 7.91. The number of aromatic amines is 1. The SMILES string of the molecule is CC.CC.Cc1ccc2c3ccc(C)cc3c3[nH]c(-c4ccc(O)cc4)nc3c2c1. The molecule has 5 aromatic rings. The molecular formula is C27H30N2O. The van der Waals surface area contributed by atoms with Gasteiger partial charge in [-0.15, -0.1) is 0 Å². The van der Waals surface area contributed by atoms with Crippen molar-refractivity contribution in [2.75, 3.05) is 0 Å². The van der Waals surface area contributed by atoms with Gasteiger partial charge in [0.05, 0.1) is 11.0 Å². The van der Waals surface area contributed by atoms with Crippen LogP contribution in [0.25, 0.3) is 44.0 Å². The van der Waals surface area contributed by atoms with Gasteiger partial charge >= 0.3 is 0 Å². The van der Waals surface area contributed by atoms with Crippen LogP contribution >= 0.6 is 0 Å². The number of fused-ring (bicyclic) bond motifs is 6. The molecule has 5 rings (SSSR count). The Kier molecular flexibility index (Phi) is 6.41. The summed E-state index contributed by atoms with van der Waals surface area (Å²) in [6.07, 6.45) is 0. The lowest BCUT2D eigenvalue weighted by molar-refractivity contribution is 0.475. The van der Waals surface area contributed by atoms with Crippen LogP contribution in [0.15, 0.2) is 60.7 Å². The van der Waals surface area contributed by atoms with E-state index < -0.39 is 0 Å². The van der Waals surface area contributed by atoms with Crippen molar-refractivity contribution in [1.29, 1.82) is 0 Å². The highest BCUT2D eigenvalue weighted by Gasteiger charge is 2.14. The van der Waals surface area contributed by atoms with Crippen molar-refractivity contribution in [1.82, 2.24) is 9.97 Å². The van der Waals surface area contributed by atoms with Gasteiger partial charge in [-0.05, 0) is 61.0 Å². The molecule has 154 valence electrons. The fourth-order valence-corrected chi connectivity index (χ4v) is 3.71. The third-order valence-corrected chi connectivity index (χ3v) is 5.01. The molecule has 1 heterocycles. The minimum Gasteiger partial charge on any atom is -0.508 e. The average molecular weight is 399 g/mol. The first kappa shape index (κ1) is 21.4. The van der Waals surface area contributed by atoms with E-state index in [1.165, 1.54) is 27.3 Å². The molecule has 0 saturated carbocycles. The summed E-state index contributed by atoms with van der Waals surface area (Å²) < 4.78 is 0. The summed E-state index contributed by atoms with van der Waals surface area (Å²) in [7, 11) is 0. The van der Waals surface area contributed by atoms with Gasteiger partial charge in [-0.3, -0.25) is 0 Å². The zero-order valence-corrected chi connectivity index (χ0v) is 18.7. The first-order valence-corrected chi connectivity index (χ1v) is 10.7. The summed E-state index contributed by atoms with van der Waals surface area (Å²) in [5, 5.41) is 14.4. The first-order valence-electron chi connectivity index (χ1n) is 10.7. The molecule has 1 aromatic heterocycles. The van der Waals surface area contributed by atoms with Crippen LogP contribution in [-0.2, 0) is 0 Å². The van der Waals surface area contributed by atoms with Crippen molar-refractivity contribution in [3.05, 3.63) is 71.8 Å². The molecule has 0 fully saturated rings. The van der Waals surface area contributed by atoms with Gasteiger partial charge in [-0.2, -0.15) is 0 Å². The lowest BCUT2D eigenvalue weighted by Crippen LogP contribution is -1.84. The number of rotatable bonds is 1. The Morgan fingerprint density at radius 1 is 0.667 bits per heavy atom. The van der Waals surface area contributed by atoms with Crippen molar-refractivity contribution < 1.29 is 5.11 Å². The van der Waals surface area contributed by atoms with E-state index in [2.05, 4.69) is 55.2 Å². The molecule has 0 bridgehead atoms. The number of phenols is 1. The van der Waals surface area contributed by atoms with E-state index in [-0.39, 0.29) is 5.75 Å². The molecule has 0 atom stereocenters. The molecule has 2 N–H and O–H groups in total. The number of benzene rings is 4. The van der Waals surface area contributed by atoms with E-state index in [1.807, 2.05) is 39.8 Å². The summed E-state index contributed by atoms with van der Waals surface area (Å²) >= 11 is 0. The number of hydrogen-bond acceptors (Lipinski definition) is 2. The maximum atomic E-state index is 9.56. The van der Waals surface area contributed by atoms with Crippen LogP contribution in [0.5, 0.6) is 5.75 Å². The topological polar surface area (TPSA) is 48.9 Å².